The van der Waals surface area contributed by atoms with Crippen LogP contribution in [0.2, 0.25) is 0 Å². The SMILES string of the molecule is CC[C@@H](C)[NH+]1CCN(C(=O)CC(=O)[O-])CC1. The summed E-state index contributed by atoms with van der Waals surface area (Å²) in [6.07, 6.45) is 0.640. The van der Waals surface area contributed by atoms with Crippen molar-refractivity contribution in [2.75, 3.05) is 26.2 Å². The molecule has 0 saturated carbocycles. The molecular formula is C11H20N2O3. The smallest absolute Gasteiger partial charge is 0.228 e. The number of aliphatic carboxylic acids is 1. The lowest BCUT2D eigenvalue weighted by atomic mass is 10.2. The monoisotopic (exact) mass is 228 g/mol. The maximum atomic E-state index is 11.5. The predicted molar refractivity (Wildman–Crippen MR) is 56.7 cm³/mol. The van der Waals surface area contributed by atoms with Crippen molar-refractivity contribution in [1.82, 2.24) is 4.90 Å². The summed E-state index contributed by atoms with van der Waals surface area (Å²) in [5.41, 5.74) is 0. The fraction of sp³-hybridized carbons (Fsp3) is 0.818. The molecule has 1 aliphatic rings. The van der Waals surface area contributed by atoms with E-state index in [-0.39, 0.29) is 5.91 Å². The summed E-state index contributed by atoms with van der Waals surface area (Å²) >= 11 is 0. The molecule has 5 nitrogen and oxygen atoms in total. The Labute approximate surface area is 96.0 Å². The molecule has 1 aliphatic heterocycles. The van der Waals surface area contributed by atoms with Crippen molar-refractivity contribution in [2.24, 2.45) is 0 Å². The van der Waals surface area contributed by atoms with Crippen LogP contribution in [0.3, 0.4) is 0 Å². The summed E-state index contributed by atoms with van der Waals surface area (Å²) in [6.45, 7) is 7.50. The van der Waals surface area contributed by atoms with Gasteiger partial charge in [0, 0.05) is 0 Å². The average Bonchev–Trinajstić information content (AvgIpc) is 2.27. The van der Waals surface area contributed by atoms with Crippen molar-refractivity contribution in [1.29, 1.82) is 0 Å². The molecule has 0 aromatic carbocycles. The number of rotatable bonds is 4. The molecule has 0 aliphatic carbocycles. The Balaban J connectivity index is 2.37. The first-order valence-electron chi connectivity index (χ1n) is 5.86. The van der Waals surface area contributed by atoms with Gasteiger partial charge in [0.2, 0.25) is 5.91 Å². The second-order valence-electron chi connectivity index (χ2n) is 4.40. The number of nitrogens with one attached hydrogen (secondary N) is 1. The molecule has 1 saturated heterocycles. The lowest BCUT2D eigenvalue weighted by molar-refractivity contribution is -0.927. The van der Waals surface area contributed by atoms with Crippen LogP contribution >= 0.6 is 0 Å². The molecular weight excluding hydrogens is 208 g/mol. The lowest BCUT2D eigenvalue weighted by Crippen LogP contribution is -3.17. The predicted octanol–water partition coefficient (Wildman–Crippen LogP) is -2.35. The van der Waals surface area contributed by atoms with Crippen molar-refractivity contribution < 1.29 is 19.6 Å². The van der Waals surface area contributed by atoms with E-state index < -0.39 is 12.4 Å². The molecule has 0 radical (unpaired) electrons. The van der Waals surface area contributed by atoms with Crippen LogP contribution in [0, 0.1) is 0 Å². The summed E-state index contributed by atoms with van der Waals surface area (Å²) in [7, 11) is 0. The van der Waals surface area contributed by atoms with E-state index in [9.17, 15) is 14.7 Å². The van der Waals surface area contributed by atoms with Gasteiger partial charge in [-0.25, -0.2) is 0 Å². The van der Waals surface area contributed by atoms with Gasteiger partial charge in [0.1, 0.15) is 0 Å². The second-order valence-corrected chi connectivity index (χ2v) is 4.40. The number of piperazine rings is 1. The van der Waals surface area contributed by atoms with Crippen LogP contribution in [-0.2, 0) is 9.59 Å². The van der Waals surface area contributed by atoms with Gasteiger partial charge in [-0.05, 0) is 13.3 Å². The minimum Gasteiger partial charge on any atom is -0.550 e. The molecule has 1 fully saturated rings. The minimum absolute atomic E-state index is 0.316. The van der Waals surface area contributed by atoms with Crippen LogP contribution in [0.15, 0.2) is 0 Å². The Hall–Kier alpha value is -1.10. The van der Waals surface area contributed by atoms with Crippen molar-refractivity contribution in [2.45, 2.75) is 32.7 Å². The highest BCUT2D eigenvalue weighted by molar-refractivity contribution is 5.92. The quantitative estimate of drug-likeness (QED) is 0.548. The number of carboxylic acids is 1. The van der Waals surface area contributed by atoms with E-state index in [1.807, 2.05) is 0 Å². The number of quaternary nitrogens is 1. The van der Waals surface area contributed by atoms with E-state index in [1.54, 1.807) is 4.90 Å². The van der Waals surface area contributed by atoms with Crippen LogP contribution < -0.4 is 10.0 Å². The van der Waals surface area contributed by atoms with E-state index in [0.717, 1.165) is 19.5 Å². The van der Waals surface area contributed by atoms with Gasteiger partial charge in [0.05, 0.1) is 44.6 Å². The number of amides is 1. The Morgan fingerprint density at radius 3 is 2.38 bits per heavy atom. The zero-order chi connectivity index (χ0) is 12.1. The highest BCUT2D eigenvalue weighted by atomic mass is 16.4. The molecule has 1 heterocycles. The fourth-order valence-corrected chi connectivity index (χ4v) is 2.06. The first-order valence-corrected chi connectivity index (χ1v) is 5.86. The van der Waals surface area contributed by atoms with Gasteiger partial charge >= 0.3 is 0 Å². The number of nitrogens with zero attached hydrogens (tertiary/aromatic N) is 1. The first kappa shape index (κ1) is 13.0. The zero-order valence-corrected chi connectivity index (χ0v) is 9.99. The molecule has 5 heteroatoms. The van der Waals surface area contributed by atoms with E-state index in [4.69, 9.17) is 0 Å². The number of carboxylic acid groups (broad SMARTS) is 1. The molecule has 0 bridgehead atoms. The Morgan fingerprint density at radius 2 is 1.94 bits per heavy atom. The molecule has 0 aromatic heterocycles. The maximum Gasteiger partial charge on any atom is 0.228 e. The molecule has 92 valence electrons. The van der Waals surface area contributed by atoms with Crippen LogP contribution in [-0.4, -0.2) is 49.0 Å². The van der Waals surface area contributed by atoms with Gasteiger partial charge in [-0.1, -0.05) is 6.92 Å². The molecule has 0 spiro atoms. The minimum atomic E-state index is -1.29. The van der Waals surface area contributed by atoms with E-state index in [1.165, 1.54) is 4.90 Å². The Bertz CT molecular complexity index is 260. The van der Waals surface area contributed by atoms with Crippen LogP contribution in [0.4, 0.5) is 0 Å². The average molecular weight is 228 g/mol. The van der Waals surface area contributed by atoms with Gasteiger partial charge < -0.3 is 19.7 Å². The summed E-state index contributed by atoms with van der Waals surface area (Å²) in [4.78, 5) is 24.9. The number of hydrogen-bond donors (Lipinski definition) is 1. The van der Waals surface area contributed by atoms with E-state index in [0.29, 0.717) is 19.1 Å². The van der Waals surface area contributed by atoms with Crippen molar-refractivity contribution >= 4 is 11.9 Å². The number of carbonyl (C=O) groups excluding carboxylic acids is 2. The Kier molecular flexibility index (Phi) is 4.73. The number of hydrogen-bond acceptors (Lipinski definition) is 3. The van der Waals surface area contributed by atoms with Crippen molar-refractivity contribution in [3.05, 3.63) is 0 Å². The largest absolute Gasteiger partial charge is 0.550 e. The van der Waals surface area contributed by atoms with Crippen LogP contribution in [0.1, 0.15) is 26.7 Å². The van der Waals surface area contributed by atoms with Gasteiger partial charge in [0.25, 0.3) is 0 Å². The summed E-state index contributed by atoms with van der Waals surface area (Å²) < 4.78 is 0. The van der Waals surface area contributed by atoms with Crippen LogP contribution in [0.5, 0.6) is 0 Å². The normalized spacial score (nSPS) is 19.5. The molecule has 1 amide bonds. The summed E-state index contributed by atoms with van der Waals surface area (Å²) in [6, 6.07) is 0.610. The second kappa shape index (κ2) is 5.84. The molecule has 1 N–H and O–H groups in total. The zero-order valence-electron chi connectivity index (χ0n) is 9.99. The van der Waals surface area contributed by atoms with Gasteiger partial charge in [0.15, 0.2) is 0 Å². The third-order valence-electron chi connectivity index (χ3n) is 3.36. The summed E-state index contributed by atoms with van der Waals surface area (Å²) in [5, 5.41) is 10.3. The molecule has 1 atom stereocenters. The van der Waals surface area contributed by atoms with Crippen molar-refractivity contribution in [3.63, 3.8) is 0 Å². The first-order chi connectivity index (χ1) is 7.54. The highest BCUT2D eigenvalue weighted by Gasteiger charge is 2.25. The molecule has 0 unspecified atom stereocenters. The maximum absolute atomic E-state index is 11.5. The highest BCUT2D eigenvalue weighted by Crippen LogP contribution is 1.95. The topological polar surface area (TPSA) is 64.9 Å². The van der Waals surface area contributed by atoms with Gasteiger partial charge in [-0.15, -0.1) is 0 Å². The molecule has 16 heavy (non-hydrogen) atoms. The number of carbonyl (C=O) groups is 2. The van der Waals surface area contributed by atoms with Crippen molar-refractivity contribution in [3.8, 4) is 0 Å². The van der Waals surface area contributed by atoms with E-state index >= 15 is 0 Å². The Morgan fingerprint density at radius 1 is 1.38 bits per heavy atom. The van der Waals surface area contributed by atoms with Crippen LogP contribution in [0.25, 0.3) is 0 Å². The van der Waals surface area contributed by atoms with Gasteiger partial charge in [-0.2, -0.15) is 0 Å². The molecule has 1 rings (SSSR count). The standard InChI is InChI=1S/C11H20N2O3/c1-3-9(2)12-4-6-13(7-5-12)10(14)8-11(15)16/h9H,3-8H2,1-2H3,(H,15,16)/t9-/m1/s1. The van der Waals surface area contributed by atoms with E-state index in [2.05, 4.69) is 13.8 Å². The lowest BCUT2D eigenvalue weighted by Gasteiger charge is -2.35. The summed E-state index contributed by atoms with van der Waals surface area (Å²) in [5.74, 6) is -1.61. The third kappa shape index (κ3) is 3.48. The molecule has 0 aromatic rings. The fourth-order valence-electron chi connectivity index (χ4n) is 2.06. The van der Waals surface area contributed by atoms with Gasteiger partial charge in [-0.3, -0.25) is 4.79 Å². The third-order valence-corrected chi connectivity index (χ3v) is 3.36.